The predicted octanol–water partition coefficient (Wildman–Crippen LogP) is 3.63. The summed E-state index contributed by atoms with van der Waals surface area (Å²) in [6.07, 6.45) is 1.31. The highest BCUT2D eigenvalue weighted by molar-refractivity contribution is 6.34. The smallest absolute Gasteiger partial charge is 0.291 e. The Morgan fingerprint density at radius 1 is 1.04 bits per heavy atom. The number of benzene rings is 2. The van der Waals surface area contributed by atoms with Gasteiger partial charge in [-0.25, -0.2) is 14.8 Å². The lowest BCUT2D eigenvalue weighted by Crippen LogP contribution is -2.34. The molecular formula is C19H12ClN5O2. The number of nitrogens with zero attached hydrogens (tertiary/aromatic N) is 3. The van der Waals surface area contributed by atoms with Gasteiger partial charge in [-0.05, 0) is 12.1 Å². The highest BCUT2D eigenvalue weighted by atomic mass is 35.5. The van der Waals surface area contributed by atoms with Crippen LogP contribution in [0.3, 0.4) is 0 Å². The molecule has 0 aliphatic heterocycles. The number of hydrogen-bond donors (Lipinski definition) is 2. The molecule has 132 valence electrons. The van der Waals surface area contributed by atoms with Crippen LogP contribution in [0, 0.1) is 11.3 Å². The second kappa shape index (κ2) is 8.08. The maximum atomic E-state index is 12.1. The molecule has 2 N–H and O–H groups in total. The molecule has 0 fully saturated rings. The third-order valence-corrected chi connectivity index (χ3v) is 3.84. The highest BCUT2D eigenvalue weighted by Crippen LogP contribution is 2.20. The topological polar surface area (TPSA) is 108 Å². The molecule has 3 amide bonds. The molecule has 3 rings (SSSR count). The number of anilines is 1. The molecule has 0 bridgehead atoms. The minimum absolute atomic E-state index is 0.0377. The van der Waals surface area contributed by atoms with Crippen LogP contribution in [-0.2, 0) is 0 Å². The summed E-state index contributed by atoms with van der Waals surface area (Å²) in [4.78, 5) is 32.4. The van der Waals surface area contributed by atoms with E-state index in [1.165, 1.54) is 12.3 Å². The Labute approximate surface area is 159 Å². The first-order valence-electron chi connectivity index (χ1n) is 7.78. The molecule has 27 heavy (non-hydrogen) atoms. The Kier molecular flexibility index (Phi) is 5.40. The summed E-state index contributed by atoms with van der Waals surface area (Å²) in [5.74, 6) is -0.622. The van der Waals surface area contributed by atoms with Gasteiger partial charge in [-0.1, -0.05) is 54.1 Å². The van der Waals surface area contributed by atoms with Crippen LogP contribution in [0.25, 0.3) is 11.3 Å². The number of imide groups is 1. The van der Waals surface area contributed by atoms with E-state index in [0.717, 1.165) is 5.56 Å². The van der Waals surface area contributed by atoms with Gasteiger partial charge >= 0.3 is 6.03 Å². The van der Waals surface area contributed by atoms with E-state index in [4.69, 9.17) is 11.6 Å². The minimum Gasteiger partial charge on any atom is -0.291 e. The summed E-state index contributed by atoms with van der Waals surface area (Å²) >= 11 is 5.93. The molecule has 2 aromatic carbocycles. The van der Waals surface area contributed by atoms with Crippen molar-refractivity contribution in [2.24, 2.45) is 0 Å². The summed E-state index contributed by atoms with van der Waals surface area (Å²) in [5, 5.41) is 14.1. The molecule has 0 saturated heterocycles. The van der Waals surface area contributed by atoms with Gasteiger partial charge in [0.2, 0.25) is 0 Å². The summed E-state index contributed by atoms with van der Waals surface area (Å²) in [6, 6.07) is 16.6. The van der Waals surface area contributed by atoms with Crippen molar-refractivity contribution in [3.63, 3.8) is 0 Å². The van der Waals surface area contributed by atoms with Gasteiger partial charge in [0, 0.05) is 5.56 Å². The molecule has 1 heterocycles. The van der Waals surface area contributed by atoms with E-state index in [0.29, 0.717) is 5.69 Å². The Morgan fingerprint density at radius 3 is 2.44 bits per heavy atom. The zero-order chi connectivity index (χ0) is 19.2. The minimum atomic E-state index is -0.814. The fourth-order valence-electron chi connectivity index (χ4n) is 2.30. The fraction of sp³-hybridized carbons (Fsp3) is 0. The second-order valence-corrected chi connectivity index (χ2v) is 5.73. The summed E-state index contributed by atoms with van der Waals surface area (Å²) < 4.78 is 0. The van der Waals surface area contributed by atoms with Crippen molar-refractivity contribution < 1.29 is 9.59 Å². The molecule has 0 aliphatic carbocycles. The van der Waals surface area contributed by atoms with Crippen molar-refractivity contribution in [1.82, 2.24) is 15.3 Å². The Morgan fingerprint density at radius 2 is 1.74 bits per heavy atom. The molecule has 3 aromatic rings. The molecule has 0 radical (unpaired) electrons. The third kappa shape index (κ3) is 4.26. The van der Waals surface area contributed by atoms with E-state index in [2.05, 4.69) is 20.6 Å². The van der Waals surface area contributed by atoms with Crippen LogP contribution < -0.4 is 10.6 Å². The SMILES string of the molecule is N#Cc1nc(NC(=O)NC(=O)c2ccccc2Cl)cnc1-c1ccccc1. The van der Waals surface area contributed by atoms with Crippen LogP contribution in [0.2, 0.25) is 5.02 Å². The first kappa shape index (κ1) is 18.0. The van der Waals surface area contributed by atoms with Crippen molar-refractivity contribution in [3.05, 3.63) is 77.1 Å². The van der Waals surface area contributed by atoms with Crippen molar-refractivity contribution >= 4 is 29.4 Å². The van der Waals surface area contributed by atoms with Gasteiger partial charge in [-0.15, -0.1) is 0 Å². The Balaban J connectivity index is 1.74. The number of carbonyl (C=O) groups is 2. The molecule has 1 aromatic heterocycles. The van der Waals surface area contributed by atoms with Gasteiger partial charge in [0.05, 0.1) is 16.8 Å². The second-order valence-electron chi connectivity index (χ2n) is 5.32. The molecule has 0 saturated carbocycles. The zero-order valence-electron chi connectivity index (χ0n) is 13.8. The number of urea groups is 1. The standard InChI is InChI=1S/C19H12ClN5O2/c20-14-9-5-4-8-13(14)18(26)25-19(27)24-16-11-22-17(15(10-21)23-16)12-6-2-1-3-7-12/h1-9,11H,(H2,23,24,25,26,27). The van der Waals surface area contributed by atoms with Gasteiger partial charge in [0.25, 0.3) is 5.91 Å². The maximum Gasteiger partial charge on any atom is 0.327 e. The van der Waals surface area contributed by atoms with Crippen LogP contribution in [0.5, 0.6) is 0 Å². The number of halogens is 1. The third-order valence-electron chi connectivity index (χ3n) is 3.51. The van der Waals surface area contributed by atoms with Crippen LogP contribution in [0.4, 0.5) is 10.6 Å². The first-order chi connectivity index (χ1) is 13.1. The number of amides is 3. The average molecular weight is 378 g/mol. The zero-order valence-corrected chi connectivity index (χ0v) is 14.6. The summed E-state index contributed by atoms with van der Waals surface area (Å²) in [7, 11) is 0. The van der Waals surface area contributed by atoms with E-state index in [9.17, 15) is 14.9 Å². The van der Waals surface area contributed by atoms with Gasteiger partial charge in [-0.2, -0.15) is 5.26 Å². The number of hydrogen-bond acceptors (Lipinski definition) is 5. The quantitative estimate of drug-likeness (QED) is 0.724. The van der Waals surface area contributed by atoms with Crippen molar-refractivity contribution in [3.8, 4) is 17.3 Å². The van der Waals surface area contributed by atoms with E-state index in [1.807, 2.05) is 24.3 Å². The number of nitriles is 1. The summed E-state index contributed by atoms with van der Waals surface area (Å²) in [6.45, 7) is 0. The van der Waals surface area contributed by atoms with Crippen LogP contribution in [0.1, 0.15) is 16.1 Å². The number of nitrogens with one attached hydrogen (secondary N) is 2. The summed E-state index contributed by atoms with van der Waals surface area (Å²) in [5.41, 5.74) is 1.34. The van der Waals surface area contributed by atoms with Crippen molar-refractivity contribution in [2.45, 2.75) is 0 Å². The fourth-order valence-corrected chi connectivity index (χ4v) is 2.52. The molecule has 0 aliphatic rings. The molecular weight excluding hydrogens is 366 g/mol. The Hall–Kier alpha value is -3.76. The number of aromatic nitrogens is 2. The molecule has 8 heteroatoms. The van der Waals surface area contributed by atoms with E-state index in [-0.39, 0.29) is 22.1 Å². The van der Waals surface area contributed by atoms with Crippen molar-refractivity contribution in [2.75, 3.05) is 5.32 Å². The lowest BCUT2D eigenvalue weighted by atomic mass is 10.1. The van der Waals surface area contributed by atoms with Crippen LogP contribution >= 0.6 is 11.6 Å². The monoisotopic (exact) mass is 377 g/mol. The maximum absolute atomic E-state index is 12.1. The molecule has 0 atom stereocenters. The van der Waals surface area contributed by atoms with Gasteiger partial charge < -0.3 is 0 Å². The molecule has 0 unspecified atom stereocenters. The van der Waals surface area contributed by atoms with Gasteiger partial charge in [0.15, 0.2) is 11.5 Å². The Bertz CT molecular complexity index is 1050. The number of rotatable bonds is 3. The van der Waals surface area contributed by atoms with Gasteiger partial charge in [-0.3, -0.25) is 15.4 Å². The van der Waals surface area contributed by atoms with E-state index < -0.39 is 11.9 Å². The molecule has 7 nitrogen and oxygen atoms in total. The lowest BCUT2D eigenvalue weighted by molar-refractivity contribution is 0.0967. The number of carbonyl (C=O) groups excluding carboxylic acids is 2. The van der Waals surface area contributed by atoms with Crippen molar-refractivity contribution in [1.29, 1.82) is 5.26 Å². The normalized spacial score (nSPS) is 9.93. The van der Waals surface area contributed by atoms with E-state index >= 15 is 0 Å². The predicted molar refractivity (Wildman–Crippen MR) is 100 cm³/mol. The van der Waals surface area contributed by atoms with Crippen LogP contribution in [0.15, 0.2) is 60.8 Å². The molecule has 0 spiro atoms. The van der Waals surface area contributed by atoms with E-state index in [1.54, 1.807) is 30.3 Å². The largest absolute Gasteiger partial charge is 0.327 e. The first-order valence-corrected chi connectivity index (χ1v) is 8.15. The lowest BCUT2D eigenvalue weighted by Gasteiger charge is -2.08. The van der Waals surface area contributed by atoms with Crippen LogP contribution in [-0.4, -0.2) is 21.9 Å². The van der Waals surface area contributed by atoms with Gasteiger partial charge in [0.1, 0.15) is 11.8 Å². The highest BCUT2D eigenvalue weighted by Gasteiger charge is 2.15. The average Bonchev–Trinajstić information content (AvgIpc) is 2.68.